The molecule has 1 saturated heterocycles. The van der Waals surface area contributed by atoms with E-state index in [0.717, 1.165) is 6.42 Å². The number of anilines is 1. The first-order chi connectivity index (χ1) is 9.45. The molecule has 0 aromatic heterocycles. The van der Waals surface area contributed by atoms with Gasteiger partial charge in [0.1, 0.15) is 5.69 Å². The number of nitrogens with zero attached hydrogens (tertiary/aromatic N) is 2. The summed E-state index contributed by atoms with van der Waals surface area (Å²) in [6.07, 6.45) is 0.836. The number of aliphatic hydroxyl groups excluding tert-OH is 1. The lowest BCUT2D eigenvalue weighted by Crippen LogP contribution is -2.35. The molecule has 20 heavy (non-hydrogen) atoms. The molecule has 0 radical (unpaired) electrons. The van der Waals surface area contributed by atoms with E-state index < -0.39 is 10.8 Å². The van der Waals surface area contributed by atoms with Gasteiger partial charge in [-0.2, -0.15) is 0 Å². The number of nitro benzene ring substituents is 1. The maximum Gasteiger partial charge on any atom is 0.292 e. The highest BCUT2D eigenvalue weighted by atomic mass is 16.6. The topological polar surface area (TPSA) is 110 Å². The molecule has 0 aliphatic carbocycles. The highest BCUT2D eigenvalue weighted by Crippen LogP contribution is 2.36. The molecule has 1 fully saturated rings. The highest BCUT2D eigenvalue weighted by molar-refractivity contribution is 5.94. The predicted octanol–water partition coefficient (Wildman–Crippen LogP) is 0.901. The number of carbonyl (C=O) groups excluding carboxylic acids is 1. The number of rotatable bonds is 4. The summed E-state index contributed by atoms with van der Waals surface area (Å²) in [5.74, 6) is -0.397. The maximum absolute atomic E-state index is 11.2. The normalized spacial score (nSPS) is 22.0. The third-order valence-electron chi connectivity index (χ3n) is 3.84. The van der Waals surface area contributed by atoms with Gasteiger partial charge >= 0.3 is 0 Å². The molecule has 1 aliphatic rings. The number of benzene rings is 1. The Kier molecular flexibility index (Phi) is 3.89. The number of nitrogens with two attached hydrogens (primary N) is 1. The van der Waals surface area contributed by atoms with Crippen molar-refractivity contribution in [2.24, 2.45) is 11.7 Å². The maximum atomic E-state index is 11.2. The zero-order chi connectivity index (χ0) is 14.9. The fourth-order valence-electron chi connectivity index (χ4n) is 2.65. The second-order valence-corrected chi connectivity index (χ2v) is 5.03. The first kappa shape index (κ1) is 14.3. The first-order valence-corrected chi connectivity index (χ1v) is 6.41. The monoisotopic (exact) mass is 279 g/mol. The van der Waals surface area contributed by atoms with Gasteiger partial charge in [0.2, 0.25) is 5.91 Å². The van der Waals surface area contributed by atoms with E-state index in [1.54, 1.807) is 4.90 Å². The third kappa shape index (κ3) is 2.44. The summed E-state index contributed by atoms with van der Waals surface area (Å²) in [4.78, 5) is 23.7. The zero-order valence-electron chi connectivity index (χ0n) is 11.2. The summed E-state index contributed by atoms with van der Waals surface area (Å²) in [5, 5.41) is 20.6. The molecule has 2 rings (SSSR count). The van der Waals surface area contributed by atoms with Crippen LogP contribution in [0.25, 0.3) is 0 Å². The summed E-state index contributed by atoms with van der Waals surface area (Å²) >= 11 is 0. The molecular formula is C13H17N3O4. The molecule has 0 spiro atoms. The first-order valence-electron chi connectivity index (χ1n) is 6.41. The van der Waals surface area contributed by atoms with E-state index in [9.17, 15) is 20.0 Å². The average Bonchev–Trinajstić information content (AvgIpc) is 2.78. The van der Waals surface area contributed by atoms with E-state index in [1.165, 1.54) is 18.2 Å². The van der Waals surface area contributed by atoms with E-state index in [1.807, 2.05) is 6.92 Å². The standard InChI is InChI=1S/C13H17N3O4/c1-8-4-5-15(12(8)7-17)11-6-9(13(14)18)2-3-10(11)16(19)20/h2-3,6,8,12,17H,4-5,7H2,1H3,(H2,14,18). The summed E-state index contributed by atoms with van der Waals surface area (Å²) in [6, 6.07) is 3.88. The van der Waals surface area contributed by atoms with Crippen molar-refractivity contribution in [2.75, 3.05) is 18.1 Å². The van der Waals surface area contributed by atoms with E-state index in [4.69, 9.17) is 5.73 Å². The summed E-state index contributed by atoms with van der Waals surface area (Å²) < 4.78 is 0. The lowest BCUT2D eigenvalue weighted by Gasteiger charge is -2.27. The average molecular weight is 279 g/mol. The molecule has 108 valence electrons. The van der Waals surface area contributed by atoms with Crippen LogP contribution < -0.4 is 10.6 Å². The van der Waals surface area contributed by atoms with Gasteiger partial charge in [0.25, 0.3) is 5.69 Å². The fraction of sp³-hybridized carbons (Fsp3) is 0.462. The Labute approximate surface area is 116 Å². The lowest BCUT2D eigenvalue weighted by molar-refractivity contribution is -0.384. The highest BCUT2D eigenvalue weighted by Gasteiger charge is 2.34. The molecule has 2 atom stereocenters. The van der Waals surface area contributed by atoms with Crippen LogP contribution in [0.4, 0.5) is 11.4 Å². The second kappa shape index (κ2) is 5.46. The van der Waals surface area contributed by atoms with E-state index in [-0.39, 0.29) is 29.8 Å². The minimum Gasteiger partial charge on any atom is -0.394 e. The summed E-state index contributed by atoms with van der Waals surface area (Å²) in [7, 11) is 0. The van der Waals surface area contributed by atoms with Crippen molar-refractivity contribution in [3.63, 3.8) is 0 Å². The minimum absolute atomic E-state index is 0.0810. The largest absolute Gasteiger partial charge is 0.394 e. The van der Waals surface area contributed by atoms with E-state index in [2.05, 4.69) is 0 Å². The van der Waals surface area contributed by atoms with Crippen molar-refractivity contribution in [3.05, 3.63) is 33.9 Å². The Hall–Kier alpha value is -2.15. The Morgan fingerprint density at radius 1 is 1.60 bits per heavy atom. The predicted molar refractivity (Wildman–Crippen MR) is 73.6 cm³/mol. The van der Waals surface area contributed by atoms with Crippen LogP contribution >= 0.6 is 0 Å². The van der Waals surface area contributed by atoms with Crippen LogP contribution in [0, 0.1) is 16.0 Å². The lowest BCUT2D eigenvalue weighted by atomic mass is 10.0. The van der Waals surface area contributed by atoms with Crippen molar-refractivity contribution in [3.8, 4) is 0 Å². The number of hydrogen-bond donors (Lipinski definition) is 2. The van der Waals surface area contributed by atoms with Crippen LogP contribution in [-0.2, 0) is 0 Å². The van der Waals surface area contributed by atoms with Crippen LogP contribution in [-0.4, -0.2) is 35.1 Å². The Morgan fingerprint density at radius 2 is 2.30 bits per heavy atom. The molecule has 1 amide bonds. The van der Waals surface area contributed by atoms with E-state index >= 15 is 0 Å². The zero-order valence-corrected chi connectivity index (χ0v) is 11.2. The van der Waals surface area contributed by atoms with Gasteiger partial charge in [-0.25, -0.2) is 0 Å². The molecule has 3 N–H and O–H groups in total. The molecule has 2 unspecified atom stereocenters. The molecule has 7 heteroatoms. The molecule has 0 bridgehead atoms. The van der Waals surface area contributed by atoms with Gasteiger partial charge in [-0.05, 0) is 24.5 Å². The number of nitro groups is 1. The van der Waals surface area contributed by atoms with Gasteiger partial charge in [-0.15, -0.1) is 0 Å². The van der Waals surface area contributed by atoms with Gasteiger partial charge in [-0.1, -0.05) is 6.92 Å². The molecule has 1 aliphatic heterocycles. The fourth-order valence-corrected chi connectivity index (χ4v) is 2.65. The molecule has 0 saturated carbocycles. The van der Waals surface area contributed by atoms with Crippen molar-refractivity contribution >= 4 is 17.3 Å². The number of aliphatic hydroxyl groups is 1. The smallest absolute Gasteiger partial charge is 0.292 e. The van der Waals surface area contributed by atoms with Gasteiger partial charge in [0.15, 0.2) is 0 Å². The Balaban J connectivity index is 2.50. The van der Waals surface area contributed by atoms with Crippen LogP contribution in [0.5, 0.6) is 0 Å². The third-order valence-corrected chi connectivity index (χ3v) is 3.84. The van der Waals surface area contributed by atoms with Gasteiger partial charge in [0, 0.05) is 18.2 Å². The minimum atomic E-state index is -0.631. The number of carbonyl (C=O) groups is 1. The molecule has 1 aromatic carbocycles. The number of amides is 1. The van der Waals surface area contributed by atoms with Crippen LogP contribution in [0.2, 0.25) is 0 Å². The molecule has 7 nitrogen and oxygen atoms in total. The van der Waals surface area contributed by atoms with E-state index in [0.29, 0.717) is 12.2 Å². The second-order valence-electron chi connectivity index (χ2n) is 5.03. The van der Waals surface area contributed by atoms with Gasteiger partial charge in [0.05, 0.1) is 17.6 Å². The Morgan fingerprint density at radius 3 is 2.85 bits per heavy atom. The number of primary amides is 1. The van der Waals surface area contributed by atoms with Crippen LogP contribution in [0.15, 0.2) is 18.2 Å². The SMILES string of the molecule is CC1CCN(c2cc(C(N)=O)ccc2[N+](=O)[O-])C1CO. The summed E-state index contributed by atoms with van der Waals surface area (Å²) in [5.41, 5.74) is 5.71. The molecule has 1 aromatic rings. The van der Waals surface area contributed by atoms with Crippen molar-refractivity contribution in [1.82, 2.24) is 0 Å². The molecular weight excluding hydrogens is 262 g/mol. The van der Waals surface area contributed by atoms with Crippen LogP contribution in [0.1, 0.15) is 23.7 Å². The van der Waals surface area contributed by atoms with Gasteiger partial charge in [-0.3, -0.25) is 14.9 Å². The van der Waals surface area contributed by atoms with Crippen molar-refractivity contribution < 1.29 is 14.8 Å². The molecule has 1 heterocycles. The van der Waals surface area contributed by atoms with Crippen molar-refractivity contribution in [1.29, 1.82) is 0 Å². The quantitative estimate of drug-likeness (QED) is 0.628. The Bertz CT molecular complexity index is 546. The number of hydrogen-bond acceptors (Lipinski definition) is 5. The van der Waals surface area contributed by atoms with Crippen LogP contribution in [0.3, 0.4) is 0 Å². The van der Waals surface area contributed by atoms with Crippen molar-refractivity contribution in [2.45, 2.75) is 19.4 Å². The summed E-state index contributed by atoms with van der Waals surface area (Å²) in [6.45, 7) is 2.51. The van der Waals surface area contributed by atoms with Gasteiger partial charge < -0.3 is 15.7 Å².